The van der Waals surface area contributed by atoms with E-state index in [1.54, 1.807) is 51.1 Å². The Morgan fingerprint density at radius 3 is 2.22 bits per heavy atom. The number of benzene rings is 2. The van der Waals surface area contributed by atoms with Crippen molar-refractivity contribution in [3.63, 3.8) is 0 Å². The van der Waals surface area contributed by atoms with Gasteiger partial charge in [-0.05, 0) is 63.2 Å². The van der Waals surface area contributed by atoms with Crippen LogP contribution in [-0.2, 0) is 29.0 Å². The van der Waals surface area contributed by atoms with Gasteiger partial charge in [0.1, 0.15) is 21.9 Å². The summed E-state index contributed by atoms with van der Waals surface area (Å²) in [6, 6.07) is 11.2. The molecule has 0 bridgehead atoms. The van der Waals surface area contributed by atoms with E-state index in [0.29, 0.717) is 32.1 Å². The Kier molecular flexibility index (Phi) is 14.3. The molecule has 0 spiro atoms. The third-order valence-electron chi connectivity index (χ3n) is 5.94. The molecule has 0 saturated heterocycles. The number of hydrogen-bond donors (Lipinski definition) is 3. The minimum absolute atomic E-state index is 0.00832. The molecule has 16 heteroatoms. The zero-order valence-electron chi connectivity index (χ0n) is 26.2. The summed E-state index contributed by atoms with van der Waals surface area (Å²) in [5.74, 6) is -0.369. The van der Waals surface area contributed by atoms with Crippen molar-refractivity contribution in [2.75, 3.05) is 69.5 Å². The van der Waals surface area contributed by atoms with Gasteiger partial charge in [-0.25, -0.2) is 18.2 Å². The molecular formula is C30H40BrN5O9S. The van der Waals surface area contributed by atoms with Gasteiger partial charge in [-0.1, -0.05) is 15.9 Å². The minimum atomic E-state index is -4.19. The smallest absolute Gasteiger partial charge is 0.407 e. The van der Waals surface area contributed by atoms with Crippen molar-refractivity contribution in [1.82, 2.24) is 15.3 Å². The third-order valence-corrected chi connectivity index (χ3v) is 8.32. The Balaban J connectivity index is 1.53. The number of rotatable bonds is 18. The molecule has 14 nitrogen and oxygen atoms in total. The lowest BCUT2D eigenvalue weighted by Gasteiger charge is -2.26. The second kappa shape index (κ2) is 17.9. The molecule has 252 valence electrons. The van der Waals surface area contributed by atoms with E-state index in [-0.39, 0.29) is 48.4 Å². The topological polar surface area (TPSA) is 170 Å². The van der Waals surface area contributed by atoms with Crippen LogP contribution >= 0.6 is 15.9 Å². The van der Waals surface area contributed by atoms with Gasteiger partial charge in [0, 0.05) is 16.7 Å². The number of nitrogens with one attached hydrogen (secondary N) is 3. The van der Waals surface area contributed by atoms with E-state index < -0.39 is 27.6 Å². The van der Waals surface area contributed by atoms with Crippen LogP contribution in [-0.4, -0.2) is 95.8 Å². The molecular weight excluding hydrogens is 686 g/mol. The van der Waals surface area contributed by atoms with E-state index >= 15 is 0 Å². The lowest BCUT2D eigenvalue weighted by Crippen LogP contribution is -2.34. The van der Waals surface area contributed by atoms with E-state index in [1.807, 2.05) is 0 Å². The Hall–Kier alpha value is -3.70. The van der Waals surface area contributed by atoms with Crippen molar-refractivity contribution >= 4 is 49.3 Å². The number of halogens is 1. The highest BCUT2D eigenvalue weighted by Gasteiger charge is 2.29. The van der Waals surface area contributed by atoms with Gasteiger partial charge in [0.05, 0.1) is 71.5 Å². The number of imidazole rings is 1. The predicted octanol–water partition coefficient (Wildman–Crippen LogP) is 4.20. The van der Waals surface area contributed by atoms with E-state index in [9.17, 15) is 18.0 Å². The first-order chi connectivity index (χ1) is 21.9. The molecule has 0 atom stereocenters. The van der Waals surface area contributed by atoms with Gasteiger partial charge in [-0.2, -0.15) is 0 Å². The standard InChI is InChI=1S/C30H40BrN5O9S/c1-30(2,3)45-29(38)33-11-13-42-15-17-44-18-16-43-14-12-36(24-8-5-22(31)6-9-24)46(39,40)27-19-23(7-10-26(27)41-4)35-28(37)25-20-32-21-34-25/h5-10,19-21H,11-18H2,1-4H3,(H,32,34)(H,33,38)(H,35,37). The lowest BCUT2D eigenvalue weighted by atomic mass is 10.2. The number of aromatic amines is 1. The molecule has 3 aromatic rings. The van der Waals surface area contributed by atoms with Gasteiger partial charge >= 0.3 is 6.09 Å². The monoisotopic (exact) mass is 725 g/mol. The van der Waals surface area contributed by atoms with Gasteiger partial charge in [0.2, 0.25) is 0 Å². The Bertz CT molecular complexity index is 1500. The average molecular weight is 727 g/mol. The quantitative estimate of drug-likeness (QED) is 0.162. The number of hydrogen-bond acceptors (Lipinski definition) is 10. The Morgan fingerprint density at radius 1 is 0.957 bits per heavy atom. The van der Waals surface area contributed by atoms with Crippen molar-refractivity contribution in [3.8, 4) is 5.75 Å². The van der Waals surface area contributed by atoms with Crippen LogP contribution in [0.15, 0.2) is 64.4 Å². The van der Waals surface area contributed by atoms with E-state index in [2.05, 4.69) is 36.5 Å². The van der Waals surface area contributed by atoms with Crippen molar-refractivity contribution in [3.05, 3.63) is 65.2 Å². The molecule has 3 rings (SSSR count). The van der Waals surface area contributed by atoms with Crippen molar-refractivity contribution < 1.29 is 41.7 Å². The molecule has 0 radical (unpaired) electrons. The molecule has 2 aromatic carbocycles. The van der Waals surface area contributed by atoms with Gasteiger partial charge < -0.3 is 39.3 Å². The maximum atomic E-state index is 14.1. The van der Waals surface area contributed by atoms with Crippen LogP contribution in [0.3, 0.4) is 0 Å². The van der Waals surface area contributed by atoms with Gasteiger partial charge in [0.25, 0.3) is 15.9 Å². The van der Waals surface area contributed by atoms with Gasteiger partial charge in [-0.15, -0.1) is 0 Å². The maximum Gasteiger partial charge on any atom is 0.407 e. The highest BCUT2D eigenvalue weighted by molar-refractivity contribution is 9.10. The van der Waals surface area contributed by atoms with E-state index in [4.69, 9.17) is 23.7 Å². The number of amides is 2. The van der Waals surface area contributed by atoms with Crippen LogP contribution < -0.4 is 19.7 Å². The number of nitrogens with zero attached hydrogens (tertiary/aromatic N) is 2. The molecule has 1 heterocycles. The van der Waals surface area contributed by atoms with Gasteiger partial charge in [-0.3, -0.25) is 9.10 Å². The first kappa shape index (κ1) is 36.8. The number of anilines is 2. The fourth-order valence-corrected chi connectivity index (χ4v) is 5.77. The summed E-state index contributed by atoms with van der Waals surface area (Å²) < 4.78 is 57.3. The first-order valence-electron chi connectivity index (χ1n) is 14.4. The molecule has 1 aromatic heterocycles. The fraction of sp³-hybridized carbons (Fsp3) is 0.433. The normalized spacial score (nSPS) is 11.6. The van der Waals surface area contributed by atoms with Crippen LogP contribution in [0.25, 0.3) is 0 Å². The van der Waals surface area contributed by atoms with Crippen LogP contribution in [0, 0.1) is 0 Å². The molecule has 0 aliphatic rings. The zero-order valence-corrected chi connectivity index (χ0v) is 28.6. The molecule has 46 heavy (non-hydrogen) atoms. The predicted molar refractivity (Wildman–Crippen MR) is 175 cm³/mol. The Labute approximate surface area is 277 Å². The number of H-pyrrole nitrogens is 1. The maximum absolute atomic E-state index is 14.1. The number of methoxy groups -OCH3 is 1. The van der Waals surface area contributed by atoms with E-state index in [1.165, 1.54) is 36.1 Å². The summed E-state index contributed by atoms with van der Waals surface area (Å²) >= 11 is 3.38. The summed E-state index contributed by atoms with van der Waals surface area (Å²) in [4.78, 5) is 30.6. The highest BCUT2D eigenvalue weighted by atomic mass is 79.9. The van der Waals surface area contributed by atoms with Crippen molar-refractivity contribution in [1.29, 1.82) is 0 Å². The van der Waals surface area contributed by atoms with Crippen LogP contribution in [0.2, 0.25) is 0 Å². The number of aromatic nitrogens is 2. The number of alkyl carbamates (subject to hydrolysis) is 1. The average Bonchev–Trinajstić information content (AvgIpc) is 3.55. The third kappa shape index (κ3) is 11.9. The summed E-state index contributed by atoms with van der Waals surface area (Å²) in [6.45, 7) is 7.20. The molecule has 0 saturated carbocycles. The number of carbonyl (C=O) groups excluding carboxylic acids is 2. The second-order valence-electron chi connectivity index (χ2n) is 10.6. The van der Waals surface area contributed by atoms with Crippen LogP contribution in [0.4, 0.5) is 16.2 Å². The van der Waals surface area contributed by atoms with E-state index in [0.717, 1.165) is 4.47 Å². The molecule has 0 aliphatic heterocycles. The summed E-state index contributed by atoms with van der Waals surface area (Å²) in [5, 5.41) is 5.28. The van der Waals surface area contributed by atoms with Gasteiger partial charge in [0.15, 0.2) is 0 Å². The zero-order chi connectivity index (χ0) is 33.6. The SMILES string of the molecule is COc1ccc(NC(=O)c2cnc[nH]2)cc1S(=O)(=O)N(CCOCCOCCOCCNC(=O)OC(C)(C)C)c1ccc(Br)cc1. The highest BCUT2D eigenvalue weighted by Crippen LogP contribution is 2.33. The number of sulfonamides is 1. The number of carbonyl (C=O) groups is 2. The Morgan fingerprint density at radius 2 is 1.61 bits per heavy atom. The number of ether oxygens (including phenoxy) is 5. The molecule has 0 aliphatic carbocycles. The van der Waals surface area contributed by atoms with Crippen molar-refractivity contribution in [2.24, 2.45) is 0 Å². The van der Waals surface area contributed by atoms with Crippen LogP contribution in [0.5, 0.6) is 5.75 Å². The summed E-state index contributed by atoms with van der Waals surface area (Å²) in [5.41, 5.74) is 0.327. The minimum Gasteiger partial charge on any atom is -0.495 e. The lowest BCUT2D eigenvalue weighted by molar-refractivity contribution is 0.0154. The molecule has 0 unspecified atom stereocenters. The van der Waals surface area contributed by atoms with Crippen molar-refractivity contribution in [2.45, 2.75) is 31.3 Å². The summed E-state index contributed by atoms with van der Waals surface area (Å²) in [6.07, 6.45) is 2.23. The van der Waals surface area contributed by atoms with Crippen LogP contribution in [0.1, 0.15) is 31.3 Å². The second-order valence-corrected chi connectivity index (χ2v) is 13.4. The summed E-state index contributed by atoms with van der Waals surface area (Å²) in [7, 11) is -2.82. The largest absolute Gasteiger partial charge is 0.495 e. The molecule has 3 N–H and O–H groups in total. The fourth-order valence-electron chi connectivity index (χ4n) is 3.88. The molecule has 2 amide bonds. The first-order valence-corrected chi connectivity index (χ1v) is 16.6. The molecule has 0 fully saturated rings.